The van der Waals surface area contributed by atoms with E-state index in [2.05, 4.69) is 15.0 Å². The summed E-state index contributed by atoms with van der Waals surface area (Å²) in [6.45, 7) is 0.351. The van der Waals surface area contributed by atoms with Gasteiger partial charge in [-0.2, -0.15) is 13.2 Å². The molecule has 28 heavy (non-hydrogen) atoms. The van der Waals surface area contributed by atoms with Crippen molar-refractivity contribution in [3.63, 3.8) is 0 Å². The minimum absolute atomic E-state index is 0.00512. The molecule has 2 heterocycles. The van der Waals surface area contributed by atoms with Crippen LogP contribution in [0.25, 0.3) is 10.9 Å². The van der Waals surface area contributed by atoms with Gasteiger partial charge < -0.3 is 14.6 Å². The predicted octanol–water partition coefficient (Wildman–Crippen LogP) is 4.66. The van der Waals surface area contributed by atoms with Gasteiger partial charge in [-0.3, -0.25) is 9.78 Å². The van der Waals surface area contributed by atoms with Gasteiger partial charge in [-0.25, -0.2) is 0 Å². The molecule has 2 aromatic heterocycles. The lowest BCUT2D eigenvalue weighted by Gasteiger charge is -2.14. The van der Waals surface area contributed by atoms with Crippen LogP contribution in [0.3, 0.4) is 0 Å². The molecule has 3 rings (SSSR count). The number of nitrogens with one attached hydrogen (secondary N) is 1. The number of aromatic nitrogens is 2. The van der Waals surface area contributed by atoms with E-state index in [1.54, 1.807) is 31.3 Å². The van der Waals surface area contributed by atoms with Crippen LogP contribution < -0.4 is 10.1 Å². The van der Waals surface area contributed by atoms with E-state index in [1.165, 1.54) is 18.3 Å². The predicted molar refractivity (Wildman–Crippen MR) is 99.6 cm³/mol. The van der Waals surface area contributed by atoms with E-state index >= 15 is 0 Å². The molecule has 5 nitrogen and oxygen atoms in total. The number of aryl methyl sites for hydroxylation is 1. The van der Waals surface area contributed by atoms with Crippen LogP contribution in [0.5, 0.6) is 5.75 Å². The third-order valence-corrected chi connectivity index (χ3v) is 4.39. The lowest BCUT2D eigenvalue weighted by molar-refractivity contribution is -0.153. The Labute approximate surface area is 164 Å². The number of hydrogen-bond donors (Lipinski definition) is 1. The normalized spacial score (nSPS) is 12.8. The number of amides is 1. The molecule has 0 fully saturated rings. The number of hydrogen-bond acceptors (Lipinski definition) is 3. The van der Waals surface area contributed by atoms with E-state index in [9.17, 15) is 18.0 Å². The smallest absolute Gasteiger partial charge is 0.422 e. The second-order valence-electron chi connectivity index (χ2n) is 6.33. The number of fused-ring (bicyclic) bond motifs is 1. The molecule has 148 valence electrons. The molecule has 3 aromatic rings. The molecule has 1 N–H and O–H groups in total. The fourth-order valence-electron chi connectivity index (χ4n) is 2.78. The molecule has 0 spiro atoms. The van der Waals surface area contributed by atoms with Crippen molar-refractivity contribution in [2.45, 2.75) is 19.1 Å². The molecule has 1 atom stereocenters. The highest BCUT2D eigenvalue weighted by atomic mass is 35.5. The fraction of sp³-hybridized carbons (Fsp3) is 0.263. The largest absolute Gasteiger partial charge is 0.483 e. The zero-order chi connectivity index (χ0) is 20.5. The second kappa shape index (κ2) is 7.71. The lowest BCUT2D eigenvalue weighted by atomic mass is 10.1. The van der Waals surface area contributed by atoms with Crippen LogP contribution in [0.1, 0.15) is 29.0 Å². The third kappa shape index (κ3) is 4.56. The number of ether oxygens (including phenoxy) is 1. The average Bonchev–Trinajstić information content (AvgIpc) is 2.96. The van der Waals surface area contributed by atoms with Gasteiger partial charge in [-0.1, -0.05) is 17.7 Å². The summed E-state index contributed by atoms with van der Waals surface area (Å²) in [4.78, 5) is 16.8. The zero-order valence-electron chi connectivity index (χ0n) is 15.0. The quantitative estimate of drug-likeness (QED) is 0.664. The van der Waals surface area contributed by atoms with Gasteiger partial charge in [-0.15, -0.1) is 0 Å². The van der Waals surface area contributed by atoms with Gasteiger partial charge in [0.2, 0.25) is 0 Å². The Kier molecular flexibility index (Phi) is 5.51. The first kappa shape index (κ1) is 20.0. The summed E-state index contributed by atoms with van der Waals surface area (Å²) < 4.78 is 43.0. The van der Waals surface area contributed by atoms with Crippen LogP contribution in [-0.2, 0) is 7.05 Å². The second-order valence-corrected chi connectivity index (χ2v) is 6.77. The van der Waals surface area contributed by atoms with E-state index in [0.29, 0.717) is 16.3 Å². The maximum absolute atomic E-state index is 12.7. The van der Waals surface area contributed by atoms with E-state index in [1.807, 2.05) is 11.6 Å². The Morgan fingerprint density at radius 3 is 2.71 bits per heavy atom. The van der Waals surface area contributed by atoms with Crippen molar-refractivity contribution in [1.29, 1.82) is 0 Å². The number of halogens is 4. The van der Waals surface area contributed by atoms with Crippen molar-refractivity contribution in [3.05, 3.63) is 59.0 Å². The number of benzene rings is 1. The Bertz CT molecular complexity index is 1000. The minimum atomic E-state index is -4.41. The summed E-state index contributed by atoms with van der Waals surface area (Å²) in [5, 5.41) is 4.18. The first-order valence-corrected chi connectivity index (χ1v) is 8.73. The van der Waals surface area contributed by atoms with Crippen molar-refractivity contribution >= 4 is 28.4 Å². The molecule has 0 aliphatic heterocycles. The lowest BCUT2D eigenvalue weighted by Crippen LogP contribution is -2.27. The minimum Gasteiger partial charge on any atom is -0.483 e. The van der Waals surface area contributed by atoms with Gasteiger partial charge in [0.05, 0.1) is 29.0 Å². The SMILES string of the molecule is C[C@@H](NC(=O)c1cn(C)c2cc(Cl)ccc12)c1ccc(OCC(F)(F)F)cn1. The molecular weight excluding hydrogens is 395 g/mol. The van der Waals surface area contributed by atoms with Crippen LogP contribution >= 0.6 is 11.6 Å². The van der Waals surface area contributed by atoms with Gasteiger partial charge in [0.25, 0.3) is 5.91 Å². The number of carbonyl (C=O) groups excluding carboxylic acids is 1. The van der Waals surface area contributed by atoms with Crippen LogP contribution in [0.4, 0.5) is 13.2 Å². The highest BCUT2D eigenvalue weighted by Gasteiger charge is 2.28. The molecule has 0 saturated heterocycles. The van der Waals surface area contributed by atoms with E-state index < -0.39 is 18.8 Å². The molecule has 9 heteroatoms. The fourth-order valence-corrected chi connectivity index (χ4v) is 2.95. The zero-order valence-corrected chi connectivity index (χ0v) is 15.8. The van der Waals surface area contributed by atoms with Gasteiger partial charge in [0.1, 0.15) is 5.75 Å². The van der Waals surface area contributed by atoms with Crippen LogP contribution in [-0.4, -0.2) is 28.2 Å². The monoisotopic (exact) mass is 411 g/mol. The molecule has 1 aromatic carbocycles. The summed E-state index contributed by atoms with van der Waals surface area (Å²) in [7, 11) is 1.82. The average molecular weight is 412 g/mol. The highest BCUT2D eigenvalue weighted by Crippen LogP contribution is 2.25. The van der Waals surface area contributed by atoms with E-state index in [-0.39, 0.29) is 11.7 Å². The van der Waals surface area contributed by atoms with Gasteiger partial charge >= 0.3 is 6.18 Å². The molecule has 0 radical (unpaired) electrons. The maximum Gasteiger partial charge on any atom is 0.422 e. The molecular formula is C19H17ClF3N3O2. The Hall–Kier alpha value is -2.74. The molecule has 0 bridgehead atoms. The Morgan fingerprint density at radius 1 is 1.32 bits per heavy atom. The van der Waals surface area contributed by atoms with Crippen LogP contribution in [0.2, 0.25) is 5.02 Å². The number of alkyl halides is 3. The number of carbonyl (C=O) groups is 1. The molecule has 0 aliphatic rings. The van der Waals surface area contributed by atoms with E-state index in [4.69, 9.17) is 11.6 Å². The first-order valence-electron chi connectivity index (χ1n) is 8.35. The highest BCUT2D eigenvalue weighted by molar-refractivity contribution is 6.31. The molecule has 0 unspecified atom stereocenters. The van der Waals surface area contributed by atoms with Gasteiger partial charge in [0.15, 0.2) is 6.61 Å². The number of pyridine rings is 1. The number of nitrogens with zero attached hydrogens (tertiary/aromatic N) is 2. The van der Waals surface area contributed by atoms with Gasteiger partial charge in [0, 0.05) is 23.7 Å². The summed E-state index contributed by atoms with van der Waals surface area (Å²) in [5.41, 5.74) is 1.82. The van der Waals surface area contributed by atoms with Crippen molar-refractivity contribution in [3.8, 4) is 5.75 Å². The Balaban J connectivity index is 1.71. The van der Waals surface area contributed by atoms with Crippen molar-refractivity contribution in [2.24, 2.45) is 7.05 Å². The number of rotatable bonds is 5. The summed E-state index contributed by atoms with van der Waals surface area (Å²) >= 11 is 6.01. The van der Waals surface area contributed by atoms with Crippen LogP contribution in [0, 0.1) is 0 Å². The summed E-state index contributed by atoms with van der Waals surface area (Å²) in [6.07, 6.45) is -1.50. The standard InChI is InChI=1S/C19H17ClF3N3O2/c1-11(16-6-4-13(8-24-16)28-10-19(21,22)23)25-18(27)15-9-26(2)17-7-12(20)3-5-14(15)17/h3-9,11H,10H2,1-2H3,(H,25,27)/t11-/m1/s1. The van der Waals surface area contributed by atoms with Crippen molar-refractivity contribution < 1.29 is 22.7 Å². The van der Waals surface area contributed by atoms with Crippen molar-refractivity contribution in [1.82, 2.24) is 14.9 Å². The Morgan fingerprint density at radius 2 is 2.07 bits per heavy atom. The van der Waals surface area contributed by atoms with Crippen molar-refractivity contribution in [2.75, 3.05) is 6.61 Å². The maximum atomic E-state index is 12.7. The van der Waals surface area contributed by atoms with E-state index in [0.717, 1.165) is 10.9 Å². The summed E-state index contributed by atoms with van der Waals surface area (Å²) in [5.74, 6) is -0.287. The third-order valence-electron chi connectivity index (χ3n) is 4.15. The molecule has 1 amide bonds. The topological polar surface area (TPSA) is 56.2 Å². The molecule has 0 aliphatic carbocycles. The summed E-state index contributed by atoms with van der Waals surface area (Å²) in [6, 6.07) is 7.72. The molecule has 0 saturated carbocycles. The first-order chi connectivity index (χ1) is 13.1. The van der Waals surface area contributed by atoms with Crippen LogP contribution in [0.15, 0.2) is 42.7 Å². The van der Waals surface area contributed by atoms with Gasteiger partial charge in [-0.05, 0) is 31.2 Å².